The summed E-state index contributed by atoms with van der Waals surface area (Å²) in [5.74, 6) is 0. The molecule has 4 heteroatoms. The summed E-state index contributed by atoms with van der Waals surface area (Å²) in [5, 5.41) is 8.84. The van der Waals surface area contributed by atoms with Gasteiger partial charge in [-0.3, -0.25) is 0 Å². The second-order valence-corrected chi connectivity index (χ2v) is 20.4. The van der Waals surface area contributed by atoms with Gasteiger partial charge in [-0.05, 0) is 116 Å². The Bertz CT molecular complexity index is 4580. The molecule has 0 saturated heterocycles. The fourth-order valence-electron chi connectivity index (χ4n) is 12.3. The third-order valence-corrected chi connectivity index (χ3v) is 15.8. The van der Waals surface area contributed by atoms with Crippen LogP contribution in [0.15, 0.2) is 264 Å². The topological polar surface area (TPSA) is 32.8 Å². The molecule has 0 atom stereocenters. The molecule has 0 unspecified atom stereocenters. The number of hydrogen-bond donors (Lipinski definition) is 0. The molecule has 4 nitrogen and oxygen atoms in total. The zero-order chi connectivity index (χ0) is 49.8. The Labute approximate surface area is 434 Å². The highest BCUT2D eigenvalue weighted by atomic mass is 16.3. The molecular weight excluding hydrogens is 913 g/mol. The first-order valence-electron chi connectivity index (χ1n) is 25.8. The van der Waals surface area contributed by atoms with Crippen molar-refractivity contribution in [1.82, 2.24) is 0 Å². The maximum absolute atomic E-state index is 7.27. The summed E-state index contributed by atoms with van der Waals surface area (Å²) in [4.78, 5) is 4.79. The van der Waals surface area contributed by atoms with E-state index in [-0.39, 0.29) is 5.41 Å². The Morgan fingerprint density at radius 2 is 0.800 bits per heavy atom. The predicted molar refractivity (Wildman–Crippen MR) is 314 cm³/mol. The van der Waals surface area contributed by atoms with Crippen molar-refractivity contribution in [3.63, 3.8) is 0 Å². The SMILES string of the molecule is CC1(C)c2ccccc2-c2ccc(N(c3ccc4c(c3)c3ccccc3c3c5ccc(N(c6ccccc6-c6ccccc6)c6cccc7c6oc6ccccc67)cc5oc43)c3ccccc3-c3ccccc3)cc21. The Kier molecular flexibility index (Phi) is 9.58. The summed E-state index contributed by atoms with van der Waals surface area (Å²) in [5.41, 5.74) is 19.3. The third kappa shape index (κ3) is 6.63. The Hall–Kier alpha value is -9.64. The number of anilines is 6. The van der Waals surface area contributed by atoms with E-state index < -0.39 is 0 Å². The second-order valence-electron chi connectivity index (χ2n) is 20.4. The van der Waals surface area contributed by atoms with Gasteiger partial charge in [0, 0.05) is 60.9 Å². The molecule has 0 amide bonds. The number of rotatable bonds is 8. The maximum Gasteiger partial charge on any atom is 0.159 e. The number of para-hydroxylation sites is 4. The van der Waals surface area contributed by atoms with Gasteiger partial charge in [0.2, 0.25) is 0 Å². The Morgan fingerprint density at radius 3 is 1.55 bits per heavy atom. The number of nitrogens with zero attached hydrogens (tertiary/aromatic N) is 2. The lowest BCUT2D eigenvalue weighted by Crippen LogP contribution is -2.16. The van der Waals surface area contributed by atoms with Crippen LogP contribution in [-0.2, 0) is 5.41 Å². The van der Waals surface area contributed by atoms with Crippen molar-refractivity contribution in [2.24, 2.45) is 0 Å². The Morgan fingerprint density at radius 1 is 0.293 bits per heavy atom. The monoisotopic (exact) mass is 960 g/mol. The molecule has 2 heterocycles. The number of benzene rings is 12. The van der Waals surface area contributed by atoms with Crippen LogP contribution in [0.4, 0.5) is 34.1 Å². The summed E-state index contributed by atoms with van der Waals surface area (Å²) in [6, 6.07) is 91.9. The number of fused-ring (bicyclic) bond motifs is 14. The fraction of sp³-hybridized carbons (Fsp3) is 0.0423. The van der Waals surface area contributed by atoms with E-state index in [0.717, 1.165) is 116 Å². The largest absolute Gasteiger partial charge is 0.455 e. The van der Waals surface area contributed by atoms with Gasteiger partial charge in [-0.1, -0.05) is 196 Å². The van der Waals surface area contributed by atoms with E-state index >= 15 is 0 Å². The van der Waals surface area contributed by atoms with E-state index in [9.17, 15) is 0 Å². The van der Waals surface area contributed by atoms with E-state index in [4.69, 9.17) is 8.83 Å². The zero-order valence-corrected chi connectivity index (χ0v) is 41.5. The van der Waals surface area contributed by atoms with Crippen LogP contribution in [0, 0.1) is 0 Å². The van der Waals surface area contributed by atoms with Gasteiger partial charge in [0.05, 0.1) is 22.7 Å². The van der Waals surface area contributed by atoms with Gasteiger partial charge in [-0.25, -0.2) is 0 Å². The normalized spacial score (nSPS) is 12.8. The van der Waals surface area contributed by atoms with Gasteiger partial charge in [0.15, 0.2) is 5.58 Å². The van der Waals surface area contributed by atoms with Crippen molar-refractivity contribution >= 4 is 99.5 Å². The summed E-state index contributed by atoms with van der Waals surface area (Å²) in [6.07, 6.45) is 0. The van der Waals surface area contributed by atoms with E-state index in [1.54, 1.807) is 0 Å². The molecule has 0 N–H and O–H groups in total. The molecular formula is C71H48N2O2. The fourth-order valence-corrected chi connectivity index (χ4v) is 12.3. The maximum atomic E-state index is 7.27. The molecule has 0 bridgehead atoms. The lowest BCUT2D eigenvalue weighted by atomic mass is 9.82. The van der Waals surface area contributed by atoms with Crippen molar-refractivity contribution < 1.29 is 8.83 Å². The average Bonchev–Trinajstić information content (AvgIpc) is 4.19. The molecule has 15 rings (SSSR count). The van der Waals surface area contributed by atoms with E-state index in [2.05, 4.69) is 266 Å². The van der Waals surface area contributed by atoms with Crippen LogP contribution in [0.5, 0.6) is 0 Å². The van der Waals surface area contributed by atoms with Gasteiger partial charge in [-0.2, -0.15) is 0 Å². The molecule has 354 valence electrons. The van der Waals surface area contributed by atoms with Gasteiger partial charge in [0.1, 0.15) is 16.7 Å². The molecule has 14 aromatic rings. The van der Waals surface area contributed by atoms with Gasteiger partial charge < -0.3 is 18.6 Å². The first kappa shape index (κ1) is 43.0. The lowest BCUT2D eigenvalue weighted by Gasteiger charge is -2.30. The standard InChI is InChI=1S/C71H48N2O2/c1-71(2)61-31-15-11-27-53(61)54-39-36-48(43-62(54)71)72(63-32-16-12-24-50(63)45-20-5-3-6-21-45)47-37-40-58-60(42-47)52-26-9-10-29-56(52)68-59-41-38-49(44-67(59)75-70(58)68)73(64-33-17-13-25-51(64)46-22-7-4-8-23-46)65-34-19-30-57-55-28-14-18-35-66(55)74-69(57)65/h3-44H,1-2H3. The molecule has 0 aliphatic heterocycles. The Balaban J connectivity index is 0.944. The van der Waals surface area contributed by atoms with Crippen LogP contribution in [0.2, 0.25) is 0 Å². The highest BCUT2D eigenvalue weighted by Crippen LogP contribution is 2.53. The summed E-state index contributed by atoms with van der Waals surface area (Å²) in [7, 11) is 0. The quantitative estimate of drug-likeness (QED) is 0.142. The predicted octanol–water partition coefficient (Wildman–Crippen LogP) is 20.4. The van der Waals surface area contributed by atoms with Crippen LogP contribution >= 0.6 is 0 Å². The number of furan rings is 2. The minimum Gasteiger partial charge on any atom is -0.455 e. The number of hydrogen-bond acceptors (Lipinski definition) is 4. The molecule has 0 fully saturated rings. The molecule has 1 aliphatic carbocycles. The van der Waals surface area contributed by atoms with Crippen molar-refractivity contribution in [3.05, 3.63) is 266 Å². The average molecular weight is 961 g/mol. The van der Waals surface area contributed by atoms with Crippen molar-refractivity contribution in [2.75, 3.05) is 9.80 Å². The van der Waals surface area contributed by atoms with Crippen LogP contribution in [0.3, 0.4) is 0 Å². The van der Waals surface area contributed by atoms with Crippen LogP contribution < -0.4 is 9.80 Å². The van der Waals surface area contributed by atoms with Gasteiger partial charge in [-0.15, -0.1) is 0 Å². The third-order valence-electron chi connectivity index (χ3n) is 15.8. The van der Waals surface area contributed by atoms with E-state index in [0.29, 0.717) is 0 Å². The van der Waals surface area contributed by atoms with E-state index in [1.807, 2.05) is 12.1 Å². The molecule has 0 spiro atoms. The molecule has 2 aromatic heterocycles. The molecule has 12 aromatic carbocycles. The van der Waals surface area contributed by atoms with Crippen LogP contribution in [0.25, 0.3) is 98.8 Å². The summed E-state index contributed by atoms with van der Waals surface area (Å²) < 4.78 is 14.0. The van der Waals surface area contributed by atoms with Crippen molar-refractivity contribution in [2.45, 2.75) is 19.3 Å². The summed E-state index contributed by atoms with van der Waals surface area (Å²) >= 11 is 0. The van der Waals surface area contributed by atoms with E-state index in [1.165, 1.54) is 27.6 Å². The van der Waals surface area contributed by atoms with Gasteiger partial charge in [0.25, 0.3) is 0 Å². The second kappa shape index (κ2) is 16.7. The molecule has 1 aliphatic rings. The highest BCUT2D eigenvalue weighted by Gasteiger charge is 2.36. The minimum absolute atomic E-state index is 0.165. The smallest absolute Gasteiger partial charge is 0.159 e. The van der Waals surface area contributed by atoms with Crippen LogP contribution in [-0.4, -0.2) is 0 Å². The molecule has 0 saturated carbocycles. The highest BCUT2D eigenvalue weighted by molar-refractivity contribution is 6.30. The first-order valence-corrected chi connectivity index (χ1v) is 25.8. The van der Waals surface area contributed by atoms with Crippen molar-refractivity contribution in [1.29, 1.82) is 0 Å². The molecule has 0 radical (unpaired) electrons. The lowest BCUT2D eigenvalue weighted by molar-refractivity contribution is 0.660. The summed E-state index contributed by atoms with van der Waals surface area (Å²) in [6.45, 7) is 4.71. The molecule has 75 heavy (non-hydrogen) atoms. The zero-order valence-electron chi connectivity index (χ0n) is 41.5. The first-order chi connectivity index (χ1) is 37.0. The van der Waals surface area contributed by atoms with Crippen LogP contribution in [0.1, 0.15) is 25.0 Å². The minimum atomic E-state index is -0.165. The van der Waals surface area contributed by atoms with Crippen molar-refractivity contribution in [3.8, 4) is 33.4 Å². The van der Waals surface area contributed by atoms with Gasteiger partial charge >= 0.3 is 0 Å².